The average Bonchev–Trinajstić information content (AvgIpc) is 3.45. The lowest BCUT2D eigenvalue weighted by Gasteiger charge is -2.61. The van der Waals surface area contributed by atoms with Crippen molar-refractivity contribution < 1.29 is 54.7 Å². The minimum atomic E-state index is -1.61. The molecule has 7 N–H and O–H groups in total. The van der Waals surface area contributed by atoms with Crippen molar-refractivity contribution in [3.05, 3.63) is 23.8 Å². The molecule has 7 aliphatic rings. The first-order valence-electron chi connectivity index (χ1n) is 16.5. The minimum Gasteiger partial charge on any atom is -0.394 e. The zero-order chi connectivity index (χ0) is 31.5. The van der Waals surface area contributed by atoms with Crippen LogP contribution in [-0.2, 0) is 18.9 Å². The molecular weight excluding hydrogens is 572 g/mol. The van der Waals surface area contributed by atoms with Gasteiger partial charge >= 0.3 is 0 Å². The summed E-state index contributed by atoms with van der Waals surface area (Å²) in [6.45, 7) is 10.4. The van der Waals surface area contributed by atoms with Gasteiger partial charge in [0.25, 0.3) is 0 Å². The zero-order valence-corrected chi connectivity index (χ0v) is 25.9. The Labute approximate surface area is 258 Å². The standard InChI is InChI=1S/C33H50O11/c1-14-7-8-33(41-13-14)15(2)24-20(44-33)10-18-17-6-5-16-9-21(42-30-28(39)27(38)25(36)22(12-34)43-30)26(37)29(40)31(16,3)19(17)11-23(35)32(18,24)4/h5,15,17-30,34-40H,1,6-13H2,2-4H3/t15-,17-,18-,19-,20-,21?,22+,23?,24-,25-,26?,27-,28+,29?,30+,31-,32+,33+/m0/s1. The molecule has 3 saturated carbocycles. The third-order valence-corrected chi connectivity index (χ3v) is 13.6. The quantitative estimate of drug-likeness (QED) is 0.216. The second kappa shape index (κ2) is 10.8. The summed E-state index contributed by atoms with van der Waals surface area (Å²) in [6.07, 6.45) is -5.26. The highest BCUT2D eigenvalue weighted by Gasteiger charge is 2.72. The van der Waals surface area contributed by atoms with Gasteiger partial charge in [-0.3, -0.25) is 0 Å². The van der Waals surface area contributed by atoms with E-state index in [4.69, 9.17) is 18.9 Å². The molecule has 4 unspecified atom stereocenters. The van der Waals surface area contributed by atoms with Crippen LogP contribution < -0.4 is 0 Å². The van der Waals surface area contributed by atoms with E-state index in [9.17, 15) is 35.7 Å². The monoisotopic (exact) mass is 622 g/mol. The maximum atomic E-state index is 12.0. The van der Waals surface area contributed by atoms with Crippen LogP contribution in [0, 0.1) is 40.4 Å². The Morgan fingerprint density at radius 3 is 2.43 bits per heavy atom. The molecule has 0 aromatic rings. The van der Waals surface area contributed by atoms with Crippen LogP contribution in [0.2, 0.25) is 0 Å². The second-order valence-corrected chi connectivity index (χ2v) is 15.3. The second-order valence-electron chi connectivity index (χ2n) is 15.3. The molecule has 0 aromatic carbocycles. The molecule has 0 aromatic heterocycles. The van der Waals surface area contributed by atoms with Crippen molar-refractivity contribution in [2.45, 2.75) is 126 Å². The van der Waals surface area contributed by atoms with Crippen LogP contribution in [0.3, 0.4) is 0 Å². The first-order chi connectivity index (χ1) is 20.8. The number of rotatable bonds is 3. The lowest BCUT2D eigenvalue weighted by molar-refractivity contribution is -0.323. The van der Waals surface area contributed by atoms with Crippen LogP contribution in [0.25, 0.3) is 0 Å². The van der Waals surface area contributed by atoms with Gasteiger partial charge in [0, 0.05) is 29.1 Å². The molecule has 0 radical (unpaired) electrons. The largest absolute Gasteiger partial charge is 0.394 e. The van der Waals surface area contributed by atoms with Crippen molar-refractivity contribution >= 4 is 0 Å². The summed E-state index contributed by atoms with van der Waals surface area (Å²) in [5.74, 6) is -0.0868. The fourth-order valence-electron chi connectivity index (χ4n) is 11.0. The molecule has 44 heavy (non-hydrogen) atoms. The Bertz CT molecular complexity index is 1160. The number of hydrogen-bond donors (Lipinski definition) is 7. The molecule has 6 fully saturated rings. The fraction of sp³-hybridized carbons (Fsp3) is 0.879. The van der Waals surface area contributed by atoms with E-state index in [1.54, 1.807) is 0 Å². The SMILES string of the molecule is C=C1CC[C@@]2(OC1)O[C@H]1C[C@H]3[C@@H]4CC=C5CC(O[C@@H]6O[C@H](CO)[C@H](O)[C@H](O)[C@H]6O)C(O)C(O)[C@]5(C)[C@H]4CC(O)[C@]3(C)[C@H]1[C@@H]2C. The molecule has 7 rings (SSSR count). The maximum absolute atomic E-state index is 12.0. The van der Waals surface area contributed by atoms with Crippen LogP contribution in [-0.4, -0.2) is 116 Å². The highest BCUT2D eigenvalue weighted by Crippen LogP contribution is 2.70. The molecule has 3 saturated heterocycles. The Morgan fingerprint density at radius 2 is 1.75 bits per heavy atom. The van der Waals surface area contributed by atoms with Crippen molar-refractivity contribution in [3.8, 4) is 0 Å². The lowest BCUT2D eigenvalue weighted by atomic mass is 9.45. The Hall–Kier alpha value is -0.960. The molecule has 3 aliphatic heterocycles. The molecular formula is C33H50O11. The van der Waals surface area contributed by atoms with E-state index in [-0.39, 0.29) is 47.5 Å². The maximum Gasteiger partial charge on any atom is 0.187 e. The number of ether oxygens (including phenoxy) is 4. The summed E-state index contributed by atoms with van der Waals surface area (Å²) in [6, 6.07) is 0. The molecule has 248 valence electrons. The minimum absolute atomic E-state index is 0.0175. The number of hydrogen-bond acceptors (Lipinski definition) is 11. The Morgan fingerprint density at radius 1 is 1.00 bits per heavy atom. The molecule has 1 spiro atoms. The van der Waals surface area contributed by atoms with Gasteiger partial charge in [-0.2, -0.15) is 0 Å². The van der Waals surface area contributed by atoms with E-state index < -0.39 is 72.9 Å². The molecule has 0 bridgehead atoms. The van der Waals surface area contributed by atoms with Gasteiger partial charge in [-0.15, -0.1) is 0 Å². The summed E-state index contributed by atoms with van der Waals surface area (Å²) < 4.78 is 24.6. The van der Waals surface area contributed by atoms with Crippen LogP contribution in [0.15, 0.2) is 23.8 Å². The van der Waals surface area contributed by atoms with Crippen molar-refractivity contribution in [2.24, 2.45) is 40.4 Å². The number of fused-ring (bicyclic) bond motifs is 7. The van der Waals surface area contributed by atoms with Crippen molar-refractivity contribution in [2.75, 3.05) is 13.2 Å². The topological polar surface area (TPSA) is 179 Å². The van der Waals surface area contributed by atoms with E-state index in [0.717, 1.165) is 36.8 Å². The summed E-state index contributed by atoms with van der Waals surface area (Å²) in [5.41, 5.74) is 0.832. The number of aliphatic hydroxyl groups excluding tert-OH is 7. The van der Waals surface area contributed by atoms with Gasteiger partial charge in [0.05, 0.1) is 37.6 Å². The molecule has 3 heterocycles. The molecule has 4 aliphatic carbocycles. The van der Waals surface area contributed by atoms with Crippen LogP contribution in [0.5, 0.6) is 0 Å². The summed E-state index contributed by atoms with van der Waals surface area (Å²) in [5, 5.41) is 75.6. The van der Waals surface area contributed by atoms with Crippen molar-refractivity contribution in [3.63, 3.8) is 0 Å². The van der Waals surface area contributed by atoms with Crippen LogP contribution in [0.1, 0.15) is 59.3 Å². The average molecular weight is 623 g/mol. The van der Waals surface area contributed by atoms with E-state index in [1.165, 1.54) is 0 Å². The van der Waals surface area contributed by atoms with Gasteiger partial charge in [-0.1, -0.05) is 44.6 Å². The lowest BCUT2D eigenvalue weighted by Crippen LogP contribution is -2.65. The number of allylic oxidation sites excluding steroid dienone is 1. The molecule has 0 amide bonds. The summed E-state index contributed by atoms with van der Waals surface area (Å²) in [7, 11) is 0. The van der Waals surface area contributed by atoms with Crippen LogP contribution >= 0.6 is 0 Å². The molecule has 11 heteroatoms. The Kier molecular flexibility index (Phi) is 7.75. The fourth-order valence-corrected chi connectivity index (χ4v) is 11.0. The number of aliphatic hydroxyl groups is 7. The van der Waals surface area contributed by atoms with Gasteiger partial charge in [0.1, 0.15) is 30.5 Å². The predicted molar refractivity (Wildman–Crippen MR) is 154 cm³/mol. The van der Waals surface area contributed by atoms with Gasteiger partial charge in [0.2, 0.25) is 0 Å². The Balaban J connectivity index is 1.13. The highest BCUT2D eigenvalue weighted by molar-refractivity contribution is 5.30. The van der Waals surface area contributed by atoms with E-state index >= 15 is 0 Å². The van der Waals surface area contributed by atoms with Gasteiger partial charge < -0.3 is 54.7 Å². The third-order valence-electron chi connectivity index (χ3n) is 13.6. The third kappa shape index (κ3) is 4.21. The van der Waals surface area contributed by atoms with Gasteiger partial charge in [0.15, 0.2) is 12.1 Å². The van der Waals surface area contributed by atoms with Crippen molar-refractivity contribution in [1.82, 2.24) is 0 Å². The normalized spacial score (nSPS) is 58.6. The first kappa shape index (κ1) is 31.6. The predicted octanol–water partition coefficient (Wildman–Crippen LogP) is 0.371. The summed E-state index contributed by atoms with van der Waals surface area (Å²) >= 11 is 0. The summed E-state index contributed by atoms with van der Waals surface area (Å²) in [4.78, 5) is 0. The van der Waals surface area contributed by atoms with Gasteiger partial charge in [-0.25, -0.2) is 0 Å². The van der Waals surface area contributed by atoms with Gasteiger partial charge in [-0.05, 0) is 49.9 Å². The molecule has 11 nitrogen and oxygen atoms in total. The molecule has 18 atom stereocenters. The van der Waals surface area contributed by atoms with Crippen molar-refractivity contribution in [1.29, 1.82) is 0 Å². The first-order valence-corrected chi connectivity index (χ1v) is 16.5. The van der Waals surface area contributed by atoms with Crippen LogP contribution in [0.4, 0.5) is 0 Å². The smallest absolute Gasteiger partial charge is 0.187 e. The van der Waals surface area contributed by atoms with E-state index in [2.05, 4.69) is 26.5 Å². The van der Waals surface area contributed by atoms with E-state index in [1.807, 2.05) is 6.92 Å². The van der Waals surface area contributed by atoms with E-state index in [0.29, 0.717) is 13.0 Å². The highest BCUT2D eigenvalue weighted by atomic mass is 16.7. The zero-order valence-electron chi connectivity index (χ0n) is 25.9.